The Hall–Kier alpha value is -0.410. The lowest BCUT2D eigenvalue weighted by Crippen LogP contribution is -2.62. The maximum Gasteiger partial charge on any atom is 0.190 e. The van der Waals surface area contributed by atoms with Crippen molar-refractivity contribution in [3.63, 3.8) is 0 Å². The van der Waals surface area contributed by atoms with Crippen LogP contribution < -0.4 is 0 Å². The molecule has 7 atom stereocenters. The van der Waals surface area contributed by atoms with E-state index in [9.17, 15) is 15.0 Å². The molecule has 2 bridgehead atoms. The van der Waals surface area contributed by atoms with Gasteiger partial charge in [0.1, 0.15) is 12.2 Å². The maximum absolute atomic E-state index is 12.6. The second-order valence-electron chi connectivity index (χ2n) is 10.4. The lowest BCUT2D eigenvalue weighted by molar-refractivity contribution is -0.192. The van der Waals surface area contributed by atoms with Crippen LogP contribution in [-0.2, 0) is 4.79 Å². The van der Waals surface area contributed by atoms with Crippen LogP contribution in [0.5, 0.6) is 0 Å². The fourth-order valence-corrected chi connectivity index (χ4v) is 7.24. The van der Waals surface area contributed by atoms with Crippen LogP contribution in [0.1, 0.15) is 79.6 Å². The van der Waals surface area contributed by atoms with Gasteiger partial charge in [0.25, 0.3) is 0 Å². The predicted molar refractivity (Wildman–Crippen MR) is 100 cm³/mol. The van der Waals surface area contributed by atoms with Gasteiger partial charge in [-0.25, -0.2) is 0 Å². The van der Waals surface area contributed by atoms with Crippen molar-refractivity contribution in [2.75, 3.05) is 6.61 Å². The largest absolute Gasteiger partial charge is 0.388 e. The summed E-state index contributed by atoms with van der Waals surface area (Å²) < 4.78 is 0. The molecule has 25 heavy (non-hydrogen) atoms. The van der Waals surface area contributed by atoms with Gasteiger partial charge < -0.3 is 10.2 Å². The van der Waals surface area contributed by atoms with E-state index in [1.54, 1.807) is 0 Å². The molecule has 0 radical (unpaired) electrons. The summed E-state index contributed by atoms with van der Waals surface area (Å²) in [5, 5.41) is 21.0. The summed E-state index contributed by atoms with van der Waals surface area (Å²) in [7, 11) is 0. The van der Waals surface area contributed by atoms with Crippen molar-refractivity contribution >= 4 is 5.78 Å². The topological polar surface area (TPSA) is 57.5 Å². The maximum atomic E-state index is 12.6. The first-order valence-corrected chi connectivity index (χ1v) is 10.4. The average molecular weight is 351 g/mol. The summed E-state index contributed by atoms with van der Waals surface area (Å²) in [6.07, 6.45) is 7.09. The monoisotopic (exact) mass is 350 g/mol. The molecule has 2 N–H and O–H groups in total. The minimum Gasteiger partial charge on any atom is -0.388 e. The van der Waals surface area contributed by atoms with E-state index in [1.807, 2.05) is 0 Å². The van der Waals surface area contributed by atoms with Gasteiger partial charge >= 0.3 is 0 Å². The van der Waals surface area contributed by atoms with Gasteiger partial charge in [0.05, 0.1) is 0 Å². The Bertz CT molecular complexity index is 527. The molecule has 3 heteroatoms. The highest BCUT2D eigenvalue weighted by atomic mass is 16.3. The standard InChI is InChI=1S/C22H38O3/c1-14-6-7-16-12-18-15(2)8-11-22(25,19(24)13-23)21(18,5)10-9-17(14)20(16,3)4/h14-18,23,25H,6-13H2,1-5H3/t14-,15-,16+,17+,18-,21+,22?/m1/s1. The third-order valence-corrected chi connectivity index (χ3v) is 9.19. The molecule has 0 aliphatic heterocycles. The Morgan fingerprint density at radius 3 is 2.24 bits per heavy atom. The Kier molecular flexibility index (Phi) is 4.90. The molecule has 0 aromatic rings. The fourth-order valence-electron chi connectivity index (χ4n) is 7.24. The smallest absolute Gasteiger partial charge is 0.190 e. The molecule has 1 unspecified atom stereocenters. The normalized spacial score (nSPS) is 49.6. The minimum absolute atomic E-state index is 0.343. The zero-order chi connectivity index (χ0) is 18.6. The number of aliphatic hydroxyl groups is 2. The van der Waals surface area contributed by atoms with Crippen molar-refractivity contribution in [3.05, 3.63) is 0 Å². The van der Waals surface area contributed by atoms with Crippen LogP contribution >= 0.6 is 0 Å². The van der Waals surface area contributed by atoms with Crippen molar-refractivity contribution in [1.82, 2.24) is 0 Å². The van der Waals surface area contributed by atoms with E-state index >= 15 is 0 Å². The zero-order valence-corrected chi connectivity index (χ0v) is 16.8. The van der Waals surface area contributed by atoms with Crippen LogP contribution in [0, 0.1) is 40.4 Å². The van der Waals surface area contributed by atoms with Crippen LogP contribution in [-0.4, -0.2) is 28.2 Å². The lowest BCUT2D eigenvalue weighted by Gasteiger charge is -2.60. The number of fused-ring (bicyclic) bond motifs is 3. The molecule has 0 saturated heterocycles. The van der Waals surface area contributed by atoms with Crippen molar-refractivity contribution < 1.29 is 15.0 Å². The van der Waals surface area contributed by atoms with Crippen LogP contribution in [0.3, 0.4) is 0 Å². The Balaban J connectivity index is 2.03. The fraction of sp³-hybridized carbons (Fsp3) is 0.955. The molecule has 3 aliphatic rings. The summed E-state index contributed by atoms with van der Waals surface area (Å²) in [6, 6.07) is 0. The molecule has 3 fully saturated rings. The van der Waals surface area contributed by atoms with Crippen molar-refractivity contribution in [2.45, 2.75) is 85.2 Å². The molecule has 3 aliphatic carbocycles. The number of hydrogen-bond acceptors (Lipinski definition) is 3. The van der Waals surface area contributed by atoms with Gasteiger partial charge in [-0.05, 0) is 73.5 Å². The van der Waals surface area contributed by atoms with Gasteiger partial charge in [-0.3, -0.25) is 4.79 Å². The Labute approximate surface area is 153 Å². The molecule has 144 valence electrons. The van der Waals surface area contributed by atoms with E-state index in [-0.39, 0.29) is 5.78 Å². The average Bonchev–Trinajstić information content (AvgIpc) is 2.55. The highest BCUT2D eigenvalue weighted by Gasteiger charge is 2.61. The number of carbonyl (C=O) groups excluding carboxylic acids is 1. The molecule has 0 aromatic heterocycles. The van der Waals surface area contributed by atoms with Crippen molar-refractivity contribution in [1.29, 1.82) is 0 Å². The van der Waals surface area contributed by atoms with Gasteiger partial charge in [-0.15, -0.1) is 0 Å². The van der Waals surface area contributed by atoms with Gasteiger partial charge in [-0.2, -0.15) is 0 Å². The lowest BCUT2D eigenvalue weighted by atomic mass is 9.45. The second kappa shape index (κ2) is 6.34. The van der Waals surface area contributed by atoms with Gasteiger partial charge in [0, 0.05) is 5.41 Å². The second-order valence-corrected chi connectivity index (χ2v) is 10.4. The minimum atomic E-state index is -1.35. The van der Waals surface area contributed by atoms with Gasteiger partial charge in [0.15, 0.2) is 5.78 Å². The van der Waals surface area contributed by atoms with Crippen LogP contribution in [0.4, 0.5) is 0 Å². The SMILES string of the molecule is C[C@@H]1CCC(O)(C(=O)CO)[C@@]2(C)CC[C@H]3[C@H](C)CC[C@@H](C[C@H]12)C3(C)C. The van der Waals surface area contributed by atoms with Crippen molar-refractivity contribution in [2.24, 2.45) is 40.4 Å². The van der Waals surface area contributed by atoms with Gasteiger partial charge in [-0.1, -0.05) is 41.0 Å². The van der Waals surface area contributed by atoms with Crippen molar-refractivity contribution in [3.8, 4) is 0 Å². The molecule has 3 nitrogen and oxygen atoms in total. The molecule has 3 rings (SSSR count). The molecule has 0 aromatic carbocycles. The van der Waals surface area contributed by atoms with E-state index < -0.39 is 17.6 Å². The number of Topliss-reactive ketones (excluding diaryl/α,β-unsaturated/α-hetero) is 1. The van der Waals surface area contributed by atoms with Gasteiger partial charge in [0.2, 0.25) is 0 Å². The zero-order valence-electron chi connectivity index (χ0n) is 16.8. The Morgan fingerprint density at radius 2 is 1.60 bits per heavy atom. The number of aliphatic hydroxyl groups excluding tert-OH is 1. The van der Waals surface area contributed by atoms with E-state index in [0.717, 1.165) is 25.7 Å². The number of hydrogen-bond donors (Lipinski definition) is 2. The summed E-state index contributed by atoms with van der Waals surface area (Å²) in [6.45, 7) is 11.2. The summed E-state index contributed by atoms with van der Waals surface area (Å²) in [5.41, 5.74) is -1.41. The van der Waals surface area contributed by atoms with Crippen LogP contribution in [0.2, 0.25) is 0 Å². The first-order chi connectivity index (χ1) is 11.6. The molecule has 3 saturated carbocycles. The number of carbonyl (C=O) groups is 1. The molecule has 0 spiro atoms. The number of ketones is 1. The van der Waals surface area contributed by atoms with E-state index in [2.05, 4.69) is 34.6 Å². The molecular formula is C22H38O3. The van der Waals surface area contributed by atoms with Crippen LogP contribution in [0.15, 0.2) is 0 Å². The Morgan fingerprint density at radius 1 is 0.960 bits per heavy atom. The summed E-state index contributed by atoms with van der Waals surface area (Å²) in [4.78, 5) is 12.6. The van der Waals surface area contributed by atoms with E-state index in [0.29, 0.717) is 41.4 Å². The molecular weight excluding hydrogens is 312 g/mol. The summed E-state index contributed by atoms with van der Waals surface area (Å²) >= 11 is 0. The third kappa shape index (κ3) is 2.72. The quantitative estimate of drug-likeness (QED) is 0.784. The molecule has 0 amide bonds. The highest BCUT2D eigenvalue weighted by molar-refractivity contribution is 5.89. The summed E-state index contributed by atoms with van der Waals surface area (Å²) in [5.74, 6) is 2.59. The van der Waals surface area contributed by atoms with E-state index in [1.165, 1.54) is 12.8 Å². The first kappa shape index (κ1) is 19.4. The number of rotatable bonds is 2. The van der Waals surface area contributed by atoms with Crippen LogP contribution in [0.25, 0.3) is 0 Å². The predicted octanol–water partition coefficient (Wildman–Crippen LogP) is 4.20. The molecule has 0 heterocycles. The highest BCUT2D eigenvalue weighted by Crippen LogP contribution is 2.62. The van der Waals surface area contributed by atoms with E-state index in [4.69, 9.17) is 0 Å². The first-order valence-electron chi connectivity index (χ1n) is 10.4. The third-order valence-electron chi connectivity index (χ3n) is 9.19.